The first-order chi connectivity index (χ1) is 10.3. The van der Waals surface area contributed by atoms with Crippen LogP contribution in [0.1, 0.15) is 29.7 Å². The SMILES string of the molecule is Cc1ccoc1CNC1CCCN(Cc2ccccc2)C1. The summed E-state index contributed by atoms with van der Waals surface area (Å²) in [6, 6.07) is 13.3. The Bertz CT molecular complexity index is 549. The molecular formula is C18H24N2O. The summed E-state index contributed by atoms with van der Waals surface area (Å²) in [5.74, 6) is 1.06. The number of rotatable bonds is 5. The van der Waals surface area contributed by atoms with Crippen molar-refractivity contribution in [3.63, 3.8) is 0 Å². The molecule has 3 heteroatoms. The molecule has 1 aromatic heterocycles. The first-order valence-corrected chi connectivity index (χ1v) is 7.84. The number of nitrogens with one attached hydrogen (secondary N) is 1. The Kier molecular flexibility index (Phi) is 4.73. The van der Waals surface area contributed by atoms with Gasteiger partial charge < -0.3 is 9.73 Å². The first-order valence-electron chi connectivity index (χ1n) is 7.84. The average Bonchev–Trinajstić information content (AvgIpc) is 2.92. The highest BCUT2D eigenvalue weighted by atomic mass is 16.3. The maximum Gasteiger partial charge on any atom is 0.120 e. The third-order valence-electron chi connectivity index (χ3n) is 4.27. The standard InChI is InChI=1S/C18H24N2O/c1-15-9-11-21-18(15)12-19-17-8-5-10-20(14-17)13-16-6-3-2-4-7-16/h2-4,6-7,9,11,17,19H,5,8,10,12-14H2,1H3. The fourth-order valence-electron chi connectivity index (χ4n) is 3.03. The fourth-order valence-corrected chi connectivity index (χ4v) is 3.03. The Balaban J connectivity index is 1.50. The number of aryl methyl sites for hydroxylation is 1. The number of hydrogen-bond acceptors (Lipinski definition) is 3. The van der Waals surface area contributed by atoms with E-state index in [1.807, 2.05) is 6.07 Å². The van der Waals surface area contributed by atoms with E-state index in [0.717, 1.165) is 25.4 Å². The minimum atomic E-state index is 0.562. The molecule has 1 aromatic carbocycles. The second kappa shape index (κ2) is 6.92. The second-order valence-electron chi connectivity index (χ2n) is 5.97. The molecule has 0 aliphatic carbocycles. The van der Waals surface area contributed by atoms with Crippen molar-refractivity contribution in [1.29, 1.82) is 0 Å². The van der Waals surface area contributed by atoms with Crippen LogP contribution in [0.4, 0.5) is 0 Å². The predicted octanol–water partition coefficient (Wildman–Crippen LogP) is 3.34. The summed E-state index contributed by atoms with van der Waals surface area (Å²) in [5, 5.41) is 3.65. The van der Waals surface area contributed by atoms with Gasteiger partial charge in [0.2, 0.25) is 0 Å². The van der Waals surface area contributed by atoms with Crippen molar-refractivity contribution in [2.75, 3.05) is 13.1 Å². The van der Waals surface area contributed by atoms with Crippen LogP contribution in [-0.4, -0.2) is 24.0 Å². The Morgan fingerprint density at radius 2 is 2.10 bits per heavy atom. The minimum absolute atomic E-state index is 0.562. The molecular weight excluding hydrogens is 260 g/mol. The topological polar surface area (TPSA) is 28.4 Å². The summed E-state index contributed by atoms with van der Waals surface area (Å²) in [6.07, 6.45) is 4.29. The molecule has 1 atom stereocenters. The molecule has 1 fully saturated rings. The van der Waals surface area contributed by atoms with Crippen LogP contribution in [0.15, 0.2) is 47.1 Å². The lowest BCUT2D eigenvalue weighted by molar-refractivity contribution is 0.181. The number of hydrogen-bond donors (Lipinski definition) is 1. The summed E-state index contributed by atoms with van der Waals surface area (Å²) in [5.41, 5.74) is 2.64. The van der Waals surface area contributed by atoms with Crippen LogP contribution in [-0.2, 0) is 13.1 Å². The van der Waals surface area contributed by atoms with Gasteiger partial charge in [-0.25, -0.2) is 0 Å². The molecule has 3 nitrogen and oxygen atoms in total. The van der Waals surface area contributed by atoms with Gasteiger partial charge in [0, 0.05) is 19.1 Å². The van der Waals surface area contributed by atoms with Gasteiger partial charge in [-0.3, -0.25) is 4.90 Å². The van der Waals surface area contributed by atoms with E-state index >= 15 is 0 Å². The predicted molar refractivity (Wildman–Crippen MR) is 85.0 cm³/mol. The Hall–Kier alpha value is -1.58. The lowest BCUT2D eigenvalue weighted by Crippen LogP contribution is -2.45. The molecule has 2 heterocycles. The summed E-state index contributed by atoms with van der Waals surface area (Å²) < 4.78 is 5.50. The highest BCUT2D eigenvalue weighted by Crippen LogP contribution is 2.15. The molecule has 0 bridgehead atoms. The summed E-state index contributed by atoms with van der Waals surface area (Å²) >= 11 is 0. The normalized spacial score (nSPS) is 19.8. The number of piperidine rings is 1. The number of benzene rings is 1. The van der Waals surface area contributed by atoms with E-state index in [-0.39, 0.29) is 0 Å². The highest BCUT2D eigenvalue weighted by molar-refractivity contribution is 5.15. The van der Waals surface area contributed by atoms with E-state index in [4.69, 9.17) is 4.42 Å². The molecule has 1 aliphatic rings. The summed E-state index contributed by atoms with van der Waals surface area (Å²) in [6.45, 7) is 6.31. The van der Waals surface area contributed by atoms with Gasteiger partial charge >= 0.3 is 0 Å². The zero-order chi connectivity index (χ0) is 14.5. The van der Waals surface area contributed by atoms with E-state index < -0.39 is 0 Å². The molecule has 0 saturated carbocycles. The minimum Gasteiger partial charge on any atom is -0.468 e. The van der Waals surface area contributed by atoms with Crippen molar-refractivity contribution in [2.24, 2.45) is 0 Å². The molecule has 0 radical (unpaired) electrons. The van der Waals surface area contributed by atoms with Crippen molar-refractivity contribution in [1.82, 2.24) is 10.2 Å². The van der Waals surface area contributed by atoms with Gasteiger partial charge in [0.25, 0.3) is 0 Å². The Morgan fingerprint density at radius 1 is 1.24 bits per heavy atom. The van der Waals surface area contributed by atoms with Crippen LogP contribution >= 0.6 is 0 Å². The molecule has 21 heavy (non-hydrogen) atoms. The maximum absolute atomic E-state index is 5.50. The third kappa shape index (κ3) is 3.96. The van der Waals surface area contributed by atoms with Crippen molar-refractivity contribution in [2.45, 2.75) is 38.9 Å². The van der Waals surface area contributed by atoms with Crippen LogP contribution < -0.4 is 5.32 Å². The van der Waals surface area contributed by atoms with E-state index in [1.165, 1.54) is 30.5 Å². The fraction of sp³-hybridized carbons (Fsp3) is 0.444. The first kappa shape index (κ1) is 14.4. The van der Waals surface area contributed by atoms with Gasteiger partial charge in [-0.05, 0) is 43.5 Å². The van der Waals surface area contributed by atoms with Crippen LogP contribution in [0.2, 0.25) is 0 Å². The molecule has 1 N–H and O–H groups in total. The molecule has 0 spiro atoms. The summed E-state index contributed by atoms with van der Waals surface area (Å²) in [4.78, 5) is 2.55. The van der Waals surface area contributed by atoms with Crippen LogP contribution in [0.5, 0.6) is 0 Å². The van der Waals surface area contributed by atoms with Gasteiger partial charge in [-0.15, -0.1) is 0 Å². The van der Waals surface area contributed by atoms with Crippen LogP contribution in [0.3, 0.4) is 0 Å². The van der Waals surface area contributed by atoms with E-state index in [0.29, 0.717) is 6.04 Å². The van der Waals surface area contributed by atoms with E-state index in [2.05, 4.69) is 47.5 Å². The third-order valence-corrected chi connectivity index (χ3v) is 4.27. The highest BCUT2D eigenvalue weighted by Gasteiger charge is 2.19. The molecule has 1 aliphatic heterocycles. The van der Waals surface area contributed by atoms with Gasteiger partial charge in [0.05, 0.1) is 12.8 Å². The molecule has 1 unspecified atom stereocenters. The van der Waals surface area contributed by atoms with Crippen molar-refractivity contribution >= 4 is 0 Å². The average molecular weight is 284 g/mol. The number of nitrogens with zero attached hydrogens (tertiary/aromatic N) is 1. The maximum atomic E-state index is 5.50. The van der Waals surface area contributed by atoms with Crippen molar-refractivity contribution in [3.05, 3.63) is 59.5 Å². The largest absolute Gasteiger partial charge is 0.468 e. The quantitative estimate of drug-likeness (QED) is 0.913. The van der Waals surface area contributed by atoms with Gasteiger partial charge in [0.1, 0.15) is 5.76 Å². The summed E-state index contributed by atoms with van der Waals surface area (Å²) in [7, 11) is 0. The molecule has 0 amide bonds. The van der Waals surface area contributed by atoms with Crippen LogP contribution in [0.25, 0.3) is 0 Å². The molecule has 3 rings (SSSR count). The molecule has 112 valence electrons. The molecule has 1 saturated heterocycles. The second-order valence-corrected chi connectivity index (χ2v) is 5.97. The Labute approximate surface area is 127 Å². The zero-order valence-electron chi connectivity index (χ0n) is 12.7. The van der Waals surface area contributed by atoms with Crippen LogP contribution in [0, 0.1) is 6.92 Å². The van der Waals surface area contributed by atoms with E-state index in [9.17, 15) is 0 Å². The molecule has 2 aromatic rings. The van der Waals surface area contributed by atoms with Crippen molar-refractivity contribution in [3.8, 4) is 0 Å². The monoisotopic (exact) mass is 284 g/mol. The van der Waals surface area contributed by atoms with E-state index in [1.54, 1.807) is 6.26 Å². The zero-order valence-corrected chi connectivity index (χ0v) is 12.7. The number of likely N-dealkylation sites (tertiary alicyclic amines) is 1. The number of furan rings is 1. The smallest absolute Gasteiger partial charge is 0.120 e. The van der Waals surface area contributed by atoms with Gasteiger partial charge in [-0.1, -0.05) is 30.3 Å². The lowest BCUT2D eigenvalue weighted by Gasteiger charge is -2.33. The van der Waals surface area contributed by atoms with Crippen molar-refractivity contribution < 1.29 is 4.42 Å². The van der Waals surface area contributed by atoms with Gasteiger partial charge in [-0.2, -0.15) is 0 Å². The lowest BCUT2D eigenvalue weighted by atomic mass is 10.0. The Morgan fingerprint density at radius 3 is 2.86 bits per heavy atom. The van der Waals surface area contributed by atoms with Gasteiger partial charge in [0.15, 0.2) is 0 Å².